The molecule has 0 saturated heterocycles. The van der Waals surface area contributed by atoms with Crippen molar-refractivity contribution in [3.8, 4) is 11.3 Å². The van der Waals surface area contributed by atoms with Crippen LogP contribution in [0.2, 0.25) is 0 Å². The normalized spacial score (nSPS) is 16.8. The van der Waals surface area contributed by atoms with Crippen LogP contribution in [0.1, 0.15) is 44.3 Å². The van der Waals surface area contributed by atoms with Gasteiger partial charge in [-0.05, 0) is 104 Å². The van der Waals surface area contributed by atoms with Crippen molar-refractivity contribution in [2.45, 2.75) is 44.8 Å². The van der Waals surface area contributed by atoms with Crippen LogP contribution >= 0.6 is 0 Å². The number of likely N-dealkylation sites (N-methyl/N-ethyl adjacent to an activating group) is 1. The lowest BCUT2D eigenvalue weighted by molar-refractivity contribution is 0.0697. The average Bonchev–Trinajstić information content (AvgIpc) is 3.44. The smallest absolute Gasteiger partial charge is 0.335 e. The molecular weight excluding hydrogens is 526 g/mol. The van der Waals surface area contributed by atoms with Crippen LogP contribution in [0.25, 0.3) is 11.3 Å². The SMILES string of the molecule is Cc1c(C)c(C)c2c(c1C)NC(c1ccc(-c3ccc(C(=O)O)cc3)[nH]1)C(N(C)S(=O)(=O)c1ccc(N)cc1)N2. The Morgan fingerprint density at radius 2 is 1.40 bits per heavy atom. The van der Waals surface area contributed by atoms with Gasteiger partial charge in [0.2, 0.25) is 10.0 Å². The predicted octanol–water partition coefficient (Wildman–Crippen LogP) is 5.42. The average molecular weight is 560 g/mol. The van der Waals surface area contributed by atoms with E-state index in [4.69, 9.17) is 5.73 Å². The molecule has 208 valence electrons. The van der Waals surface area contributed by atoms with Gasteiger partial charge in [-0.15, -0.1) is 0 Å². The number of rotatable bonds is 6. The van der Waals surface area contributed by atoms with E-state index in [-0.39, 0.29) is 10.5 Å². The topological polar surface area (TPSA) is 141 Å². The fourth-order valence-electron chi connectivity index (χ4n) is 5.20. The van der Waals surface area contributed by atoms with Crippen molar-refractivity contribution in [3.05, 3.63) is 94.2 Å². The van der Waals surface area contributed by atoms with Crippen molar-refractivity contribution in [2.75, 3.05) is 23.4 Å². The molecular formula is C30H33N5O4S. The van der Waals surface area contributed by atoms with Gasteiger partial charge in [-0.3, -0.25) is 0 Å². The molecule has 0 fully saturated rings. The second kappa shape index (κ2) is 10.0. The van der Waals surface area contributed by atoms with Gasteiger partial charge in [0.25, 0.3) is 0 Å². The maximum absolute atomic E-state index is 13.8. The fraction of sp³-hybridized carbons (Fsp3) is 0.233. The summed E-state index contributed by atoms with van der Waals surface area (Å²) in [6.45, 7) is 8.26. The van der Waals surface area contributed by atoms with Crippen molar-refractivity contribution in [2.24, 2.45) is 0 Å². The largest absolute Gasteiger partial charge is 0.478 e. The summed E-state index contributed by atoms with van der Waals surface area (Å²) in [6, 6.07) is 16.1. The van der Waals surface area contributed by atoms with Crippen molar-refractivity contribution in [1.29, 1.82) is 0 Å². The molecule has 4 aromatic rings. The van der Waals surface area contributed by atoms with Crippen molar-refractivity contribution < 1.29 is 18.3 Å². The molecule has 5 rings (SSSR count). The number of aromatic carboxylic acids is 1. The molecule has 1 aliphatic rings. The second-order valence-corrected chi connectivity index (χ2v) is 12.3. The number of sulfonamides is 1. The Hall–Kier alpha value is -4.28. The van der Waals surface area contributed by atoms with Gasteiger partial charge in [-0.25, -0.2) is 13.2 Å². The molecule has 2 heterocycles. The number of nitrogens with two attached hydrogens (primary N) is 1. The van der Waals surface area contributed by atoms with E-state index in [0.717, 1.165) is 45.0 Å². The van der Waals surface area contributed by atoms with Crippen LogP contribution in [0, 0.1) is 27.7 Å². The van der Waals surface area contributed by atoms with E-state index >= 15 is 0 Å². The molecule has 2 unspecified atom stereocenters. The number of hydrogen-bond donors (Lipinski definition) is 5. The van der Waals surface area contributed by atoms with E-state index in [0.29, 0.717) is 5.69 Å². The lowest BCUT2D eigenvalue weighted by atomic mass is 9.92. The summed E-state index contributed by atoms with van der Waals surface area (Å²) in [4.78, 5) is 14.9. The van der Waals surface area contributed by atoms with Crippen molar-refractivity contribution >= 4 is 33.1 Å². The van der Waals surface area contributed by atoms with Gasteiger partial charge in [0.15, 0.2) is 0 Å². The zero-order valence-corrected chi connectivity index (χ0v) is 23.8. The van der Waals surface area contributed by atoms with Gasteiger partial charge in [0.1, 0.15) is 12.2 Å². The first-order chi connectivity index (χ1) is 18.9. The number of nitrogens with one attached hydrogen (secondary N) is 3. The quantitative estimate of drug-likeness (QED) is 0.199. The molecule has 1 aromatic heterocycles. The van der Waals surface area contributed by atoms with Gasteiger partial charge < -0.3 is 26.5 Å². The van der Waals surface area contributed by atoms with E-state index in [1.807, 2.05) is 19.1 Å². The number of nitrogen functional groups attached to an aromatic ring is 1. The molecule has 6 N–H and O–H groups in total. The van der Waals surface area contributed by atoms with Gasteiger partial charge in [-0.1, -0.05) is 12.1 Å². The Morgan fingerprint density at radius 3 is 1.98 bits per heavy atom. The Kier molecular flexibility index (Phi) is 6.85. The summed E-state index contributed by atoms with van der Waals surface area (Å²) in [5, 5.41) is 16.4. The second-order valence-electron chi connectivity index (χ2n) is 10.3. The summed E-state index contributed by atoms with van der Waals surface area (Å²) >= 11 is 0. The molecule has 40 heavy (non-hydrogen) atoms. The third-order valence-electron chi connectivity index (χ3n) is 8.03. The maximum atomic E-state index is 13.8. The van der Waals surface area contributed by atoms with E-state index in [1.54, 1.807) is 43.4 Å². The predicted molar refractivity (Wildman–Crippen MR) is 158 cm³/mol. The molecule has 0 bridgehead atoms. The standard InChI is InChI=1S/C30H33N5O4S/c1-16-17(2)19(4)27-26(18(16)3)33-28(25-15-14-24(32-25)20-6-8-21(9-7-20)30(36)37)29(34-27)35(5)40(38,39)23-12-10-22(31)11-13-23/h6-15,28-29,32-34H,31H2,1-5H3,(H,36,37). The highest BCUT2D eigenvalue weighted by molar-refractivity contribution is 7.89. The van der Waals surface area contributed by atoms with Crippen molar-refractivity contribution in [3.63, 3.8) is 0 Å². The van der Waals surface area contributed by atoms with Crippen LogP contribution < -0.4 is 16.4 Å². The van der Waals surface area contributed by atoms with Crippen LogP contribution in [0.3, 0.4) is 0 Å². The first-order valence-corrected chi connectivity index (χ1v) is 14.3. The number of nitrogens with zero attached hydrogens (tertiary/aromatic N) is 1. The zero-order valence-electron chi connectivity index (χ0n) is 23.0. The maximum Gasteiger partial charge on any atom is 0.335 e. The minimum Gasteiger partial charge on any atom is -0.478 e. The lowest BCUT2D eigenvalue weighted by Crippen LogP contribution is -2.50. The molecule has 0 aliphatic carbocycles. The number of benzene rings is 3. The van der Waals surface area contributed by atoms with E-state index < -0.39 is 28.2 Å². The molecule has 3 aromatic carbocycles. The van der Waals surface area contributed by atoms with E-state index in [9.17, 15) is 18.3 Å². The first kappa shape index (κ1) is 27.3. The molecule has 0 spiro atoms. The number of carbonyl (C=O) groups is 1. The summed E-state index contributed by atoms with van der Waals surface area (Å²) in [5.74, 6) is -0.987. The molecule has 10 heteroatoms. The Labute approximate surface area is 234 Å². The number of carboxylic acids is 1. The third kappa shape index (κ3) is 4.59. The fourth-order valence-corrected chi connectivity index (χ4v) is 6.48. The van der Waals surface area contributed by atoms with Crippen LogP contribution in [0.4, 0.5) is 17.1 Å². The number of aromatic amines is 1. The molecule has 0 radical (unpaired) electrons. The minimum atomic E-state index is -3.89. The molecule has 0 amide bonds. The molecule has 9 nitrogen and oxygen atoms in total. The first-order valence-electron chi connectivity index (χ1n) is 12.9. The lowest BCUT2D eigenvalue weighted by Gasteiger charge is -2.42. The number of aromatic nitrogens is 1. The summed E-state index contributed by atoms with van der Waals surface area (Å²) in [7, 11) is -2.32. The highest BCUT2D eigenvalue weighted by atomic mass is 32.2. The van der Waals surface area contributed by atoms with Crippen LogP contribution in [0.15, 0.2) is 65.6 Å². The highest BCUT2D eigenvalue weighted by Gasteiger charge is 2.39. The number of hydrogen-bond acceptors (Lipinski definition) is 6. The monoisotopic (exact) mass is 559 g/mol. The number of fused-ring (bicyclic) bond motifs is 1. The van der Waals surface area contributed by atoms with E-state index in [2.05, 4.69) is 36.4 Å². The Morgan fingerprint density at radius 1 is 0.825 bits per heavy atom. The minimum absolute atomic E-state index is 0.147. The van der Waals surface area contributed by atoms with Gasteiger partial charge >= 0.3 is 5.97 Å². The molecule has 1 aliphatic heterocycles. The molecule has 0 saturated carbocycles. The van der Waals surface area contributed by atoms with Crippen LogP contribution in [0.5, 0.6) is 0 Å². The number of anilines is 3. The highest BCUT2D eigenvalue weighted by Crippen LogP contribution is 2.43. The van der Waals surface area contributed by atoms with Gasteiger partial charge in [0.05, 0.1) is 21.8 Å². The van der Waals surface area contributed by atoms with Gasteiger partial charge in [-0.2, -0.15) is 4.31 Å². The van der Waals surface area contributed by atoms with Crippen LogP contribution in [-0.2, 0) is 10.0 Å². The van der Waals surface area contributed by atoms with E-state index in [1.165, 1.54) is 22.0 Å². The summed E-state index contributed by atoms with van der Waals surface area (Å²) < 4.78 is 28.9. The third-order valence-corrected chi connectivity index (χ3v) is 9.88. The van der Waals surface area contributed by atoms with Gasteiger partial charge in [0, 0.05) is 24.1 Å². The zero-order chi connectivity index (χ0) is 28.9. The summed E-state index contributed by atoms with van der Waals surface area (Å²) in [5.41, 5.74) is 15.2. The Balaban J connectivity index is 1.59. The summed E-state index contributed by atoms with van der Waals surface area (Å²) in [6.07, 6.45) is -0.684. The number of H-pyrrole nitrogens is 1. The Bertz CT molecular complexity index is 1710. The molecule has 2 atom stereocenters. The van der Waals surface area contributed by atoms with Crippen LogP contribution in [-0.4, -0.2) is 42.0 Å². The number of carboxylic acid groups (broad SMARTS) is 1. The van der Waals surface area contributed by atoms with Crippen molar-refractivity contribution in [1.82, 2.24) is 9.29 Å².